The SMILES string of the molecule is O=C(NNS(=O)(=O)c1ccc(F)cc1F)[C@@H]1Cc2c(ccc3ccccc23)O1. The number of hydrogen-bond donors (Lipinski definition) is 2. The number of rotatable bonds is 4. The Morgan fingerprint density at radius 1 is 1.07 bits per heavy atom. The van der Waals surface area contributed by atoms with E-state index in [9.17, 15) is 22.0 Å². The van der Waals surface area contributed by atoms with E-state index in [2.05, 4.69) is 0 Å². The average molecular weight is 404 g/mol. The summed E-state index contributed by atoms with van der Waals surface area (Å²) in [5.41, 5.74) is 2.88. The number of carbonyl (C=O) groups is 1. The normalized spacial score (nSPS) is 15.9. The quantitative estimate of drug-likeness (QED) is 0.655. The first-order valence-corrected chi connectivity index (χ1v) is 9.77. The summed E-state index contributed by atoms with van der Waals surface area (Å²) >= 11 is 0. The molecule has 0 saturated heterocycles. The smallest absolute Gasteiger partial charge is 0.276 e. The first-order chi connectivity index (χ1) is 13.3. The number of benzene rings is 3. The van der Waals surface area contributed by atoms with Crippen molar-refractivity contribution in [3.63, 3.8) is 0 Å². The Balaban J connectivity index is 1.48. The second kappa shape index (κ2) is 6.84. The summed E-state index contributed by atoms with van der Waals surface area (Å²) in [5.74, 6) is -2.36. The number of ether oxygens (including phenoxy) is 1. The molecule has 1 aliphatic heterocycles. The van der Waals surface area contributed by atoms with Gasteiger partial charge in [-0.3, -0.25) is 10.2 Å². The lowest BCUT2D eigenvalue weighted by atomic mass is 10.0. The minimum atomic E-state index is -4.41. The van der Waals surface area contributed by atoms with Gasteiger partial charge in [0.05, 0.1) is 0 Å². The zero-order chi connectivity index (χ0) is 19.9. The fourth-order valence-electron chi connectivity index (χ4n) is 3.11. The number of amides is 1. The van der Waals surface area contributed by atoms with Crippen LogP contribution in [-0.4, -0.2) is 20.4 Å². The molecule has 2 N–H and O–H groups in total. The Hall–Kier alpha value is -3.04. The van der Waals surface area contributed by atoms with Gasteiger partial charge in [-0.15, -0.1) is 4.83 Å². The van der Waals surface area contributed by atoms with Gasteiger partial charge in [0.15, 0.2) is 6.10 Å². The van der Waals surface area contributed by atoms with E-state index < -0.39 is 38.6 Å². The van der Waals surface area contributed by atoms with E-state index in [1.807, 2.05) is 35.8 Å². The Morgan fingerprint density at radius 2 is 1.86 bits per heavy atom. The van der Waals surface area contributed by atoms with Crippen molar-refractivity contribution < 1.29 is 26.7 Å². The molecule has 9 heteroatoms. The molecule has 1 atom stereocenters. The Bertz CT molecular complexity index is 1200. The van der Waals surface area contributed by atoms with Gasteiger partial charge in [0.2, 0.25) is 0 Å². The van der Waals surface area contributed by atoms with Gasteiger partial charge in [-0.2, -0.15) is 0 Å². The molecule has 0 fully saturated rings. The molecule has 4 rings (SSSR count). The van der Waals surface area contributed by atoms with E-state index in [4.69, 9.17) is 4.74 Å². The molecular formula is C19H14F2N2O4S. The predicted octanol–water partition coefficient (Wildman–Crippen LogP) is 2.43. The molecular weight excluding hydrogens is 390 g/mol. The first-order valence-electron chi connectivity index (χ1n) is 8.29. The first kappa shape index (κ1) is 18.3. The molecule has 3 aromatic carbocycles. The lowest BCUT2D eigenvalue weighted by Gasteiger charge is -2.13. The lowest BCUT2D eigenvalue weighted by molar-refractivity contribution is -0.127. The summed E-state index contributed by atoms with van der Waals surface area (Å²) in [6.07, 6.45) is -0.684. The molecule has 1 heterocycles. The van der Waals surface area contributed by atoms with Gasteiger partial charge in [-0.25, -0.2) is 17.2 Å². The van der Waals surface area contributed by atoms with E-state index in [1.54, 1.807) is 10.9 Å². The lowest BCUT2D eigenvalue weighted by Crippen LogP contribution is -2.47. The van der Waals surface area contributed by atoms with Crippen LogP contribution in [0.3, 0.4) is 0 Å². The van der Waals surface area contributed by atoms with Crippen molar-refractivity contribution in [2.75, 3.05) is 0 Å². The molecule has 0 aromatic heterocycles. The topological polar surface area (TPSA) is 84.5 Å². The molecule has 0 radical (unpaired) electrons. The van der Waals surface area contributed by atoms with Crippen molar-refractivity contribution in [1.82, 2.24) is 10.3 Å². The Morgan fingerprint density at radius 3 is 2.64 bits per heavy atom. The number of halogens is 2. The van der Waals surface area contributed by atoms with Crippen molar-refractivity contribution in [2.24, 2.45) is 0 Å². The molecule has 144 valence electrons. The van der Waals surface area contributed by atoms with E-state index in [-0.39, 0.29) is 6.42 Å². The Labute approximate surface area is 159 Å². The standard InChI is InChI=1S/C19H14F2N2O4S/c20-12-6-8-18(15(21)9-12)28(25,26)23-22-19(24)17-10-14-13-4-2-1-3-11(13)5-7-16(14)27-17/h1-9,17,23H,10H2,(H,22,24)/t17-/m0/s1. The summed E-state index contributed by atoms with van der Waals surface area (Å²) in [5, 5.41) is 1.95. The minimum Gasteiger partial charge on any atom is -0.480 e. The molecule has 1 aliphatic rings. The summed E-state index contributed by atoms with van der Waals surface area (Å²) in [6.45, 7) is 0. The zero-order valence-corrected chi connectivity index (χ0v) is 15.1. The van der Waals surface area contributed by atoms with Crippen LogP contribution in [0.25, 0.3) is 10.8 Å². The number of nitrogens with one attached hydrogen (secondary N) is 2. The maximum Gasteiger partial charge on any atom is 0.276 e. The van der Waals surface area contributed by atoms with Crippen LogP contribution in [0.15, 0.2) is 59.5 Å². The van der Waals surface area contributed by atoms with E-state index in [0.717, 1.165) is 28.5 Å². The van der Waals surface area contributed by atoms with Crippen LogP contribution in [0.2, 0.25) is 0 Å². The summed E-state index contributed by atoms with van der Waals surface area (Å²) in [4.78, 5) is 13.4. The number of hydrogen-bond acceptors (Lipinski definition) is 4. The summed E-state index contributed by atoms with van der Waals surface area (Å²) in [7, 11) is -4.41. The second-order valence-corrected chi connectivity index (χ2v) is 7.89. The van der Waals surface area contributed by atoms with Crippen LogP contribution in [0, 0.1) is 11.6 Å². The highest BCUT2D eigenvalue weighted by atomic mass is 32.2. The van der Waals surface area contributed by atoms with Gasteiger partial charge in [-0.1, -0.05) is 30.3 Å². The van der Waals surface area contributed by atoms with Crippen LogP contribution in [0.4, 0.5) is 8.78 Å². The molecule has 0 aliphatic carbocycles. The fourth-order valence-corrected chi connectivity index (χ4v) is 4.02. The minimum absolute atomic E-state index is 0.259. The molecule has 0 bridgehead atoms. The third kappa shape index (κ3) is 3.30. The number of hydrazine groups is 1. The highest BCUT2D eigenvalue weighted by molar-refractivity contribution is 7.89. The number of sulfonamides is 1. The van der Waals surface area contributed by atoms with Gasteiger partial charge < -0.3 is 4.74 Å². The summed E-state index contributed by atoms with van der Waals surface area (Å²) in [6, 6.07) is 13.3. The highest BCUT2D eigenvalue weighted by Gasteiger charge is 2.31. The van der Waals surface area contributed by atoms with Crippen LogP contribution < -0.4 is 15.0 Å². The van der Waals surface area contributed by atoms with E-state index in [1.165, 1.54) is 0 Å². The average Bonchev–Trinajstić information content (AvgIpc) is 3.11. The van der Waals surface area contributed by atoms with Crippen LogP contribution in [-0.2, 0) is 21.2 Å². The van der Waals surface area contributed by atoms with E-state index in [0.29, 0.717) is 11.8 Å². The third-order valence-corrected chi connectivity index (χ3v) is 5.72. The second-order valence-electron chi connectivity index (χ2n) is 6.24. The molecule has 0 unspecified atom stereocenters. The largest absolute Gasteiger partial charge is 0.480 e. The molecule has 1 amide bonds. The van der Waals surface area contributed by atoms with Gasteiger partial charge in [0, 0.05) is 18.1 Å². The van der Waals surface area contributed by atoms with Crippen LogP contribution >= 0.6 is 0 Å². The fraction of sp³-hybridized carbons (Fsp3) is 0.105. The van der Waals surface area contributed by atoms with Crippen LogP contribution in [0.5, 0.6) is 5.75 Å². The third-order valence-electron chi connectivity index (χ3n) is 4.44. The van der Waals surface area contributed by atoms with Crippen molar-refractivity contribution >= 4 is 26.7 Å². The maximum atomic E-state index is 13.7. The van der Waals surface area contributed by atoms with Crippen molar-refractivity contribution in [3.05, 3.63) is 71.8 Å². The van der Waals surface area contributed by atoms with Crippen LogP contribution in [0.1, 0.15) is 5.56 Å². The molecule has 3 aromatic rings. The van der Waals surface area contributed by atoms with Gasteiger partial charge >= 0.3 is 0 Å². The van der Waals surface area contributed by atoms with Gasteiger partial charge in [-0.05, 0) is 29.0 Å². The van der Waals surface area contributed by atoms with Crippen molar-refractivity contribution in [1.29, 1.82) is 0 Å². The molecule has 0 spiro atoms. The number of carbonyl (C=O) groups excluding carboxylic acids is 1. The molecule has 28 heavy (non-hydrogen) atoms. The van der Waals surface area contributed by atoms with E-state index >= 15 is 0 Å². The number of fused-ring (bicyclic) bond motifs is 3. The van der Waals surface area contributed by atoms with Crippen molar-refractivity contribution in [2.45, 2.75) is 17.4 Å². The Kier molecular flexibility index (Phi) is 4.48. The van der Waals surface area contributed by atoms with Gasteiger partial charge in [0.1, 0.15) is 22.3 Å². The van der Waals surface area contributed by atoms with Crippen molar-refractivity contribution in [3.8, 4) is 5.75 Å². The maximum absolute atomic E-state index is 13.7. The summed E-state index contributed by atoms with van der Waals surface area (Å²) < 4.78 is 56.6. The predicted molar refractivity (Wildman–Crippen MR) is 96.9 cm³/mol. The van der Waals surface area contributed by atoms with Gasteiger partial charge in [0.25, 0.3) is 15.9 Å². The highest BCUT2D eigenvalue weighted by Crippen LogP contribution is 2.35. The molecule has 0 saturated carbocycles. The zero-order valence-electron chi connectivity index (χ0n) is 14.3. The molecule has 6 nitrogen and oxygen atoms in total. The monoisotopic (exact) mass is 404 g/mol.